The van der Waals surface area contributed by atoms with Crippen LogP contribution in [0.15, 0.2) is 53.5 Å². The first kappa shape index (κ1) is 17.7. The van der Waals surface area contributed by atoms with E-state index in [0.717, 1.165) is 16.7 Å². The molecule has 3 aromatic rings. The van der Waals surface area contributed by atoms with Crippen molar-refractivity contribution in [2.24, 2.45) is 0 Å². The average Bonchev–Trinajstić information content (AvgIpc) is 3.14. The molecule has 0 fully saturated rings. The quantitative estimate of drug-likeness (QED) is 0.654. The van der Waals surface area contributed by atoms with Crippen LogP contribution in [0.4, 0.5) is 0 Å². The minimum atomic E-state index is -0.244. The van der Waals surface area contributed by atoms with Crippen LogP contribution in [-0.4, -0.2) is 17.5 Å². The third-order valence-corrected chi connectivity index (χ3v) is 4.61. The van der Waals surface area contributed by atoms with E-state index < -0.39 is 0 Å². The third kappa shape index (κ3) is 4.95. The van der Waals surface area contributed by atoms with Crippen LogP contribution in [-0.2, 0) is 11.3 Å². The summed E-state index contributed by atoms with van der Waals surface area (Å²) in [5.74, 6) is 0.175. The van der Waals surface area contributed by atoms with Gasteiger partial charge in [0.25, 0.3) is 5.91 Å². The summed E-state index contributed by atoms with van der Waals surface area (Å²) in [4.78, 5) is 16.2. The Bertz CT molecular complexity index is 869. The zero-order valence-electron chi connectivity index (χ0n) is 13.0. The first-order chi connectivity index (χ1) is 12.1. The molecule has 1 aromatic carbocycles. The number of thiophene rings is 1. The van der Waals surface area contributed by atoms with Crippen LogP contribution in [0.25, 0.3) is 11.1 Å². The average molecular weight is 393 g/mol. The Morgan fingerprint density at radius 1 is 1.16 bits per heavy atom. The second-order valence-corrected chi connectivity index (χ2v) is 6.86. The van der Waals surface area contributed by atoms with E-state index in [1.807, 2.05) is 17.5 Å². The van der Waals surface area contributed by atoms with Gasteiger partial charge < -0.3 is 10.1 Å². The number of hydrogen-bond acceptors (Lipinski definition) is 4. The molecule has 3 rings (SSSR count). The number of nitrogens with zero attached hydrogens (tertiary/aromatic N) is 1. The molecule has 0 aliphatic heterocycles. The normalized spacial score (nSPS) is 10.5. The van der Waals surface area contributed by atoms with E-state index in [4.69, 9.17) is 27.9 Å². The molecule has 0 bridgehead atoms. The van der Waals surface area contributed by atoms with Crippen molar-refractivity contribution in [3.05, 3.63) is 69.1 Å². The molecule has 0 spiro atoms. The molecular formula is C18H14Cl2N2O2S. The monoisotopic (exact) mass is 392 g/mol. The summed E-state index contributed by atoms with van der Waals surface area (Å²) >= 11 is 13.5. The van der Waals surface area contributed by atoms with E-state index in [1.54, 1.807) is 41.9 Å². The molecule has 2 heterocycles. The highest BCUT2D eigenvalue weighted by molar-refractivity contribution is 7.08. The lowest BCUT2D eigenvalue weighted by Crippen LogP contribution is -2.28. The number of amides is 1. The predicted molar refractivity (Wildman–Crippen MR) is 101 cm³/mol. The molecule has 1 N–H and O–H groups in total. The fraction of sp³-hybridized carbons (Fsp3) is 0.111. The van der Waals surface area contributed by atoms with Gasteiger partial charge in [-0.1, -0.05) is 23.2 Å². The topological polar surface area (TPSA) is 51.2 Å². The summed E-state index contributed by atoms with van der Waals surface area (Å²) < 4.78 is 5.41. The Morgan fingerprint density at radius 2 is 2.04 bits per heavy atom. The lowest BCUT2D eigenvalue weighted by molar-refractivity contribution is -0.123. The first-order valence-corrected chi connectivity index (χ1v) is 9.13. The Kier molecular flexibility index (Phi) is 5.91. The molecule has 0 saturated heterocycles. The molecule has 0 unspecified atom stereocenters. The van der Waals surface area contributed by atoms with Crippen LogP contribution in [0.3, 0.4) is 0 Å². The number of pyridine rings is 1. The second kappa shape index (κ2) is 8.34. The van der Waals surface area contributed by atoms with Crippen molar-refractivity contribution in [2.45, 2.75) is 6.54 Å². The van der Waals surface area contributed by atoms with Crippen LogP contribution >= 0.6 is 34.5 Å². The van der Waals surface area contributed by atoms with Gasteiger partial charge >= 0.3 is 0 Å². The predicted octanol–water partition coefficient (Wildman–Crippen LogP) is 4.81. The molecule has 2 aromatic heterocycles. The summed E-state index contributed by atoms with van der Waals surface area (Å²) in [6.45, 7) is 0.251. The largest absolute Gasteiger partial charge is 0.482 e. The first-order valence-electron chi connectivity index (χ1n) is 7.43. The zero-order valence-corrected chi connectivity index (χ0v) is 15.4. The van der Waals surface area contributed by atoms with Crippen molar-refractivity contribution in [2.75, 3.05) is 6.61 Å². The molecule has 0 saturated carbocycles. The van der Waals surface area contributed by atoms with Gasteiger partial charge in [-0.15, -0.1) is 0 Å². The number of halogens is 2. The van der Waals surface area contributed by atoms with E-state index in [0.29, 0.717) is 22.3 Å². The molecule has 7 heteroatoms. The van der Waals surface area contributed by atoms with Gasteiger partial charge in [-0.05, 0) is 52.2 Å². The molecular weight excluding hydrogens is 379 g/mol. The van der Waals surface area contributed by atoms with Crippen LogP contribution in [0.1, 0.15) is 5.56 Å². The molecule has 4 nitrogen and oxygen atoms in total. The number of ether oxygens (including phenoxy) is 1. The SMILES string of the molecule is O=C(COc1ccc(Cl)cc1Cl)NCc1cncc(-c2ccsc2)c1. The second-order valence-electron chi connectivity index (χ2n) is 5.23. The van der Waals surface area contributed by atoms with Crippen molar-refractivity contribution < 1.29 is 9.53 Å². The highest BCUT2D eigenvalue weighted by Gasteiger charge is 2.07. The highest BCUT2D eigenvalue weighted by Crippen LogP contribution is 2.27. The van der Waals surface area contributed by atoms with Crippen molar-refractivity contribution in [1.29, 1.82) is 0 Å². The molecule has 0 aliphatic rings. The van der Waals surface area contributed by atoms with Crippen molar-refractivity contribution in [3.8, 4) is 16.9 Å². The maximum Gasteiger partial charge on any atom is 0.258 e. The summed E-state index contributed by atoms with van der Waals surface area (Å²) in [5.41, 5.74) is 3.06. The van der Waals surface area contributed by atoms with E-state index >= 15 is 0 Å². The van der Waals surface area contributed by atoms with Gasteiger partial charge in [0.1, 0.15) is 5.75 Å². The summed E-state index contributed by atoms with van der Waals surface area (Å²) in [6.07, 6.45) is 3.53. The number of hydrogen-bond donors (Lipinski definition) is 1. The van der Waals surface area contributed by atoms with Gasteiger partial charge in [-0.2, -0.15) is 11.3 Å². The zero-order chi connectivity index (χ0) is 17.6. The Hall–Kier alpha value is -2.08. The number of rotatable bonds is 6. The van der Waals surface area contributed by atoms with Crippen LogP contribution in [0.2, 0.25) is 10.0 Å². The number of carbonyl (C=O) groups excluding carboxylic acids is 1. The van der Waals surface area contributed by atoms with Crippen molar-refractivity contribution >= 4 is 40.4 Å². The molecule has 0 aliphatic carbocycles. The van der Waals surface area contributed by atoms with Crippen molar-refractivity contribution in [3.63, 3.8) is 0 Å². The standard InChI is InChI=1S/C18H14Cl2N2O2S/c19-15-1-2-17(16(20)6-15)24-10-18(23)22-8-12-5-14(9-21-7-12)13-3-4-25-11-13/h1-7,9,11H,8,10H2,(H,22,23). The summed E-state index contributed by atoms with van der Waals surface area (Å²) in [7, 11) is 0. The number of benzene rings is 1. The van der Waals surface area contributed by atoms with E-state index in [9.17, 15) is 4.79 Å². The van der Waals surface area contributed by atoms with E-state index in [2.05, 4.69) is 15.7 Å². The smallest absolute Gasteiger partial charge is 0.258 e. The third-order valence-electron chi connectivity index (χ3n) is 3.39. The summed E-state index contributed by atoms with van der Waals surface area (Å²) in [6, 6.07) is 8.90. The lowest BCUT2D eigenvalue weighted by atomic mass is 10.1. The summed E-state index contributed by atoms with van der Waals surface area (Å²) in [5, 5.41) is 7.76. The molecule has 1 amide bonds. The minimum Gasteiger partial charge on any atom is -0.482 e. The van der Waals surface area contributed by atoms with Crippen LogP contribution in [0, 0.1) is 0 Å². The van der Waals surface area contributed by atoms with Crippen LogP contribution in [0.5, 0.6) is 5.75 Å². The highest BCUT2D eigenvalue weighted by atomic mass is 35.5. The van der Waals surface area contributed by atoms with E-state index in [1.165, 1.54) is 0 Å². The minimum absolute atomic E-state index is 0.126. The molecule has 0 atom stereocenters. The molecule has 0 radical (unpaired) electrons. The van der Waals surface area contributed by atoms with Gasteiger partial charge in [-0.25, -0.2) is 0 Å². The Balaban J connectivity index is 1.53. The van der Waals surface area contributed by atoms with Gasteiger partial charge in [0.15, 0.2) is 6.61 Å². The lowest BCUT2D eigenvalue weighted by Gasteiger charge is -2.09. The Morgan fingerprint density at radius 3 is 2.80 bits per heavy atom. The van der Waals surface area contributed by atoms with Gasteiger partial charge in [0, 0.05) is 29.5 Å². The van der Waals surface area contributed by atoms with Crippen molar-refractivity contribution in [1.82, 2.24) is 10.3 Å². The number of aromatic nitrogens is 1. The number of nitrogens with one attached hydrogen (secondary N) is 1. The van der Waals surface area contributed by atoms with E-state index in [-0.39, 0.29) is 12.5 Å². The fourth-order valence-electron chi connectivity index (χ4n) is 2.16. The molecule has 25 heavy (non-hydrogen) atoms. The number of carbonyl (C=O) groups is 1. The maximum absolute atomic E-state index is 12.0. The Labute approximate surface area is 159 Å². The van der Waals surface area contributed by atoms with Crippen LogP contribution < -0.4 is 10.1 Å². The maximum atomic E-state index is 12.0. The molecule has 128 valence electrons. The van der Waals surface area contributed by atoms with Gasteiger partial charge in [0.2, 0.25) is 0 Å². The van der Waals surface area contributed by atoms with Gasteiger partial charge in [-0.3, -0.25) is 9.78 Å². The van der Waals surface area contributed by atoms with Gasteiger partial charge in [0.05, 0.1) is 5.02 Å². The fourth-order valence-corrected chi connectivity index (χ4v) is 3.29.